The monoisotopic (exact) mass is 352 g/mol. The van der Waals surface area contributed by atoms with Gasteiger partial charge in [-0.1, -0.05) is 29.5 Å². The highest BCUT2D eigenvalue weighted by atomic mass is 32.1. The quantitative estimate of drug-likeness (QED) is 0.784. The van der Waals surface area contributed by atoms with Crippen molar-refractivity contribution in [3.8, 4) is 5.69 Å². The van der Waals surface area contributed by atoms with Crippen molar-refractivity contribution in [3.05, 3.63) is 58.4 Å². The Kier molecular flexibility index (Phi) is 3.93. The summed E-state index contributed by atoms with van der Waals surface area (Å²) in [7, 11) is 0. The highest BCUT2D eigenvalue weighted by molar-refractivity contribution is 7.17. The highest BCUT2D eigenvalue weighted by Gasteiger charge is 2.23. The van der Waals surface area contributed by atoms with Gasteiger partial charge < -0.3 is 0 Å². The van der Waals surface area contributed by atoms with E-state index in [-0.39, 0.29) is 11.7 Å². The summed E-state index contributed by atoms with van der Waals surface area (Å²) in [5.41, 5.74) is 2.94. The minimum Gasteiger partial charge on any atom is -0.298 e. The number of thiazole rings is 1. The van der Waals surface area contributed by atoms with Crippen LogP contribution in [0.3, 0.4) is 0 Å². The Balaban J connectivity index is 1.58. The number of para-hydroxylation sites is 1. The molecule has 1 aliphatic carbocycles. The van der Waals surface area contributed by atoms with E-state index >= 15 is 0 Å². The number of carbonyl (C=O) groups excluding carboxylic acids is 2. The van der Waals surface area contributed by atoms with Crippen molar-refractivity contribution in [2.75, 3.05) is 5.32 Å². The van der Waals surface area contributed by atoms with E-state index in [9.17, 15) is 9.59 Å². The zero-order valence-electron chi connectivity index (χ0n) is 13.7. The lowest BCUT2D eigenvalue weighted by molar-refractivity contribution is 0.0975. The lowest BCUT2D eigenvalue weighted by atomic mass is 10.0. The summed E-state index contributed by atoms with van der Waals surface area (Å²) < 4.78 is 1.73. The molecule has 1 amide bonds. The van der Waals surface area contributed by atoms with E-state index in [4.69, 9.17) is 0 Å². The number of anilines is 1. The zero-order chi connectivity index (χ0) is 17.4. The maximum atomic E-state index is 12.6. The van der Waals surface area contributed by atoms with E-state index < -0.39 is 0 Å². The second-order valence-electron chi connectivity index (χ2n) is 5.92. The van der Waals surface area contributed by atoms with Gasteiger partial charge in [-0.25, -0.2) is 9.67 Å². The predicted molar refractivity (Wildman–Crippen MR) is 95.6 cm³/mol. The zero-order valence-corrected chi connectivity index (χ0v) is 14.5. The van der Waals surface area contributed by atoms with Crippen LogP contribution < -0.4 is 5.32 Å². The smallest absolute Gasteiger partial charge is 0.260 e. The molecule has 0 saturated carbocycles. The van der Waals surface area contributed by atoms with Gasteiger partial charge >= 0.3 is 0 Å². The minimum atomic E-state index is -0.266. The Morgan fingerprint density at radius 2 is 2.04 bits per heavy atom. The Bertz CT molecular complexity index is 959. The number of aryl methyl sites for hydroxylation is 1. The van der Waals surface area contributed by atoms with E-state index in [1.54, 1.807) is 10.9 Å². The normalized spacial score (nSPS) is 13.6. The van der Waals surface area contributed by atoms with E-state index in [1.165, 1.54) is 11.3 Å². The van der Waals surface area contributed by atoms with Crippen LogP contribution in [-0.4, -0.2) is 26.5 Å². The fourth-order valence-corrected chi connectivity index (χ4v) is 3.92. The summed E-state index contributed by atoms with van der Waals surface area (Å²) in [6, 6.07) is 9.65. The third-order valence-corrected chi connectivity index (χ3v) is 5.30. The first-order valence-electron chi connectivity index (χ1n) is 8.08. The molecule has 0 spiro atoms. The van der Waals surface area contributed by atoms with Crippen LogP contribution >= 0.6 is 11.3 Å². The number of ketones is 1. The van der Waals surface area contributed by atoms with Crippen molar-refractivity contribution in [1.82, 2.24) is 14.8 Å². The van der Waals surface area contributed by atoms with Crippen molar-refractivity contribution in [2.24, 2.45) is 0 Å². The van der Waals surface area contributed by atoms with E-state index in [0.717, 1.165) is 29.9 Å². The number of rotatable bonds is 3. The van der Waals surface area contributed by atoms with Gasteiger partial charge in [-0.15, -0.1) is 0 Å². The van der Waals surface area contributed by atoms with Crippen LogP contribution in [-0.2, 0) is 6.42 Å². The fourth-order valence-electron chi connectivity index (χ4n) is 2.95. The number of nitrogens with zero attached hydrogens (tertiary/aromatic N) is 3. The van der Waals surface area contributed by atoms with Gasteiger partial charge in [0.25, 0.3) is 5.91 Å². The van der Waals surface area contributed by atoms with E-state index in [1.807, 2.05) is 37.3 Å². The lowest BCUT2D eigenvalue weighted by Crippen LogP contribution is -2.13. The van der Waals surface area contributed by atoms with Gasteiger partial charge in [0.2, 0.25) is 0 Å². The van der Waals surface area contributed by atoms with Crippen molar-refractivity contribution < 1.29 is 9.59 Å². The lowest BCUT2D eigenvalue weighted by Gasteiger charge is -2.05. The molecule has 2 heterocycles. The van der Waals surface area contributed by atoms with Gasteiger partial charge in [-0.2, -0.15) is 5.10 Å². The third-order valence-electron chi connectivity index (χ3n) is 4.24. The number of Topliss-reactive ketones (excluding diaryl/α,β-unsaturated/α-hetero) is 1. The molecular weight excluding hydrogens is 336 g/mol. The molecule has 0 bridgehead atoms. The SMILES string of the molecule is Cc1c(C(=O)Nc2nc3c(s2)C(=O)CCC3)cnn1-c1ccccc1. The number of benzene rings is 1. The molecule has 3 aromatic rings. The van der Waals surface area contributed by atoms with Crippen molar-refractivity contribution in [3.63, 3.8) is 0 Å². The van der Waals surface area contributed by atoms with Gasteiger partial charge in [-0.05, 0) is 31.9 Å². The Hall–Kier alpha value is -2.80. The first-order chi connectivity index (χ1) is 12.1. The van der Waals surface area contributed by atoms with Crippen LogP contribution in [0.4, 0.5) is 5.13 Å². The van der Waals surface area contributed by atoms with Crippen LogP contribution in [0, 0.1) is 6.92 Å². The summed E-state index contributed by atoms with van der Waals surface area (Å²) in [4.78, 5) is 29.6. The fraction of sp³-hybridized carbons (Fsp3) is 0.222. The second kappa shape index (κ2) is 6.25. The van der Waals surface area contributed by atoms with Crippen molar-refractivity contribution in [1.29, 1.82) is 0 Å². The number of hydrogen-bond acceptors (Lipinski definition) is 5. The molecule has 6 nitrogen and oxygen atoms in total. The Labute approximate surface area is 148 Å². The molecule has 25 heavy (non-hydrogen) atoms. The first-order valence-corrected chi connectivity index (χ1v) is 8.89. The van der Waals surface area contributed by atoms with Gasteiger partial charge in [0.1, 0.15) is 0 Å². The Morgan fingerprint density at radius 1 is 1.24 bits per heavy atom. The summed E-state index contributed by atoms with van der Waals surface area (Å²) >= 11 is 1.26. The van der Waals surface area contributed by atoms with Crippen LogP contribution in [0.25, 0.3) is 5.69 Å². The number of hydrogen-bond donors (Lipinski definition) is 1. The van der Waals surface area contributed by atoms with Crippen LogP contribution in [0.15, 0.2) is 36.5 Å². The summed E-state index contributed by atoms with van der Waals surface area (Å²) in [6.07, 6.45) is 3.73. The average Bonchev–Trinajstić information content (AvgIpc) is 3.20. The molecule has 0 radical (unpaired) electrons. The Morgan fingerprint density at radius 3 is 2.80 bits per heavy atom. The van der Waals surface area contributed by atoms with Gasteiger partial charge in [0.15, 0.2) is 10.9 Å². The molecule has 2 aromatic heterocycles. The first kappa shape index (κ1) is 15.7. The summed E-state index contributed by atoms with van der Waals surface area (Å²) in [5.74, 6) is -0.148. The number of amides is 1. The summed E-state index contributed by atoms with van der Waals surface area (Å²) in [5, 5.41) is 7.58. The standard InChI is InChI=1S/C18H16N4O2S/c1-11-13(10-19-22(11)12-6-3-2-4-7-12)17(24)21-18-20-14-8-5-9-15(23)16(14)25-18/h2-4,6-7,10H,5,8-9H2,1H3,(H,20,21,24). The number of aromatic nitrogens is 3. The largest absolute Gasteiger partial charge is 0.298 e. The van der Waals surface area contributed by atoms with Crippen molar-refractivity contribution in [2.45, 2.75) is 26.2 Å². The van der Waals surface area contributed by atoms with Gasteiger partial charge in [0.05, 0.1) is 33.7 Å². The van der Waals surface area contributed by atoms with Crippen LogP contribution in [0.2, 0.25) is 0 Å². The molecule has 1 N–H and O–H groups in total. The summed E-state index contributed by atoms with van der Waals surface area (Å²) in [6.45, 7) is 1.85. The molecule has 126 valence electrons. The average molecular weight is 352 g/mol. The molecule has 4 rings (SSSR count). The van der Waals surface area contributed by atoms with E-state index in [0.29, 0.717) is 22.0 Å². The molecule has 0 aliphatic heterocycles. The highest BCUT2D eigenvalue weighted by Crippen LogP contribution is 2.30. The van der Waals surface area contributed by atoms with Gasteiger partial charge in [0, 0.05) is 6.42 Å². The number of carbonyl (C=O) groups is 2. The number of fused-ring (bicyclic) bond motifs is 1. The molecule has 7 heteroatoms. The topological polar surface area (TPSA) is 76.9 Å². The molecule has 0 saturated heterocycles. The second-order valence-corrected chi connectivity index (χ2v) is 6.92. The van der Waals surface area contributed by atoms with Crippen LogP contribution in [0.5, 0.6) is 0 Å². The minimum absolute atomic E-state index is 0.118. The molecule has 0 atom stereocenters. The van der Waals surface area contributed by atoms with Crippen LogP contribution in [0.1, 0.15) is 44.3 Å². The van der Waals surface area contributed by atoms with Gasteiger partial charge in [-0.3, -0.25) is 14.9 Å². The third kappa shape index (κ3) is 2.87. The molecule has 0 unspecified atom stereocenters. The van der Waals surface area contributed by atoms with E-state index in [2.05, 4.69) is 15.4 Å². The molecule has 1 aromatic carbocycles. The van der Waals surface area contributed by atoms with Crippen molar-refractivity contribution >= 4 is 28.2 Å². The molecular formula is C18H16N4O2S. The maximum Gasteiger partial charge on any atom is 0.260 e. The number of nitrogens with one attached hydrogen (secondary N) is 1. The molecule has 1 aliphatic rings. The molecule has 0 fully saturated rings. The predicted octanol–water partition coefficient (Wildman–Crippen LogP) is 3.41. The maximum absolute atomic E-state index is 12.6.